The van der Waals surface area contributed by atoms with Gasteiger partial charge in [0.25, 0.3) is 0 Å². The van der Waals surface area contributed by atoms with E-state index in [9.17, 15) is 12.8 Å². The lowest BCUT2D eigenvalue weighted by Crippen LogP contribution is -2.07. The summed E-state index contributed by atoms with van der Waals surface area (Å²) in [6.45, 7) is 0. The smallest absolute Gasteiger partial charge is 0.229 e. The molecule has 0 spiro atoms. The fourth-order valence-corrected chi connectivity index (χ4v) is 4.96. The van der Waals surface area contributed by atoms with E-state index in [0.717, 1.165) is 0 Å². The average molecular weight is 463 g/mol. The van der Waals surface area contributed by atoms with Crippen molar-refractivity contribution in [3.05, 3.63) is 82.6 Å². The maximum Gasteiger partial charge on any atom is 0.229 e. The van der Waals surface area contributed by atoms with Crippen LogP contribution >= 0.6 is 23.2 Å². The molecular weight excluding hydrogens is 450 g/mol. The zero-order chi connectivity index (χ0) is 21.5. The first kappa shape index (κ1) is 20.3. The van der Waals surface area contributed by atoms with Gasteiger partial charge in [-0.1, -0.05) is 28.4 Å². The minimum atomic E-state index is -4.21. The summed E-state index contributed by atoms with van der Waals surface area (Å²) in [6, 6.07) is 16.1. The normalized spacial score (nSPS) is 11.6. The van der Waals surface area contributed by atoms with Gasteiger partial charge in [-0.2, -0.15) is 0 Å². The summed E-state index contributed by atoms with van der Waals surface area (Å²) in [5, 5.41) is 7.82. The highest BCUT2D eigenvalue weighted by molar-refractivity contribution is 7.91. The quantitative estimate of drug-likeness (QED) is 0.440. The first-order chi connectivity index (χ1) is 14.3. The lowest BCUT2D eigenvalue weighted by atomic mass is 10.1. The Morgan fingerprint density at radius 2 is 1.60 bits per heavy atom. The average Bonchev–Trinajstić information content (AvgIpc) is 3.17. The van der Waals surface area contributed by atoms with E-state index in [1.54, 1.807) is 24.3 Å². The molecule has 1 aromatic heterocycles. The molecule has 10 heteroatoms. The van der Waals surface area contributed by atoms with Crippen LogP contribution in [0, 0.1) is 5.82 Å². The Kier molecular flexibility index (Phi) is 5.23. The van der Waals surface area contributed by atoms with Crippen LogP contribution in [-0.2, 0) is 9.84 Å². The number of anilines is 1. The van der Waals surface area contributed by atoms with Crippen molar-refractivity contribution < 1.29 is 12.8 Å². The second-order valence-electron chi connectivity index (χ2n) is 6.33. The number of hydrogen-bond acceptors (Lipinski definition) is 5. The molecule has 0 aliphatic carbocycles. The van der Waals surface area contributed by atoms with Gasteiger partial charge in [-0.15, -0.1) is 5.10 Å². The highest BCUT2D eigenvalue weighted by Crippen LogP contribution is 2.35. The summed E-state index contributed by atoms with van der Waals surface area (Å²) < 4.78 is 41.7. The van der Waals surface area contributed by atoms with E-state index in [-0.39, 0.29) is 25.7 Å². The lowest BCUT2D eigenvalue weighted by Gasteiger charge is -2.10. The SMILES string of the molecule is Nc1ccc(-n2nnc(S(=O)(=O)c3cc(Cl)ccc3Cl)c2-c2ccc(F)cc2)cc1. The Labute approximate surface area is 181 Å². The van der Waals surface area contributed by atoms with Crippen molar-refractivity contribution in [3.63, 3.8) is 0 Å². The van der Waals surface area contributed by atoms with E-state index in [1.807, 2.05) is 0 Å². The van der Waals surface area contributed by atoms with Crippen molar-refractivity contribution in [1.29, 1.82) is 0 Å². The van der Waals surface area contributed by atoms with E-state index < -0.39 is 15.7 Å². The third-order valence-corrected chi connectivity index (χ3v) is 6.71. The van der Waals surface area contributed by atoms with Crippen LogP contribution in [0.4, 0.5) is 10.1 Å². The van der Waals surface area contributed by atoms with Gasteiger partial charge in [0.1, 0.15) is 11.5 Å². The zero-order valence-electron chi connectivity index (χ0n) is 15.1. The topological polar surface area (TPSA) is 90.9 Å². The molecule has 6 nitrogen and oxygen atoms in total. The van der Waals surface area contributed by atoms with E-state index in [4.69, 9.17) is 28.9 Å². The number of nitrogens with two attached hydrogens (primary N) is 1. The van der Waals surface area contributed by atoms with E-state index in [2.05, 4.69) is 10.3 Å². The molecule has 0 aliphatic heterocycles. The minimum Gasteiger partial charge on any atom is -0.399 e. The van der Waals surface area contributed by atoms with Gasteiger partial charge in [0.15, 0.2) is 0 Å². The fraction of sp³-hybridized carbons (Fsp3) is 0. The standard InChI is InChI=1S/C20H13Cl2FN4O2S/c21-13-3-10-17(22)18(11-13)30(28,29)20-19(12-1-4-14(23)5-2-12)27(26-25-20)16-8-6-15(24)7-9-16/h1-11H,24H2. The molecule has 0 saturated heterocycles. The van der Waals surface area contributed by atoms with Gasteiger partial charge >= 0.3 is 0 Å². The molecule has 0 unspecified atom stereocenters. The first-order valence-corrected chi connectivity index (χ1v) is 10.8. The molecule has 3 aromatic carbocycles. The van der Waals surface area contributed by atoms with Crippen molar-refractivity contribution in [1.82, 2.24) is 15.0 Å². The van der Waals surface area contributed by atoms with Gasteiger partial charge in [-0.25, -0.2) is 17.5 Å². The number of sulfone groups is 1. The van der Waals surface area contributed by atoms with Crippen LogP contribution in [0.5, 0.6) is 0 Å². The summed E-state index contributed by atoms with van der Waals surface area (Å²) in [5.74, 6) is -0.465. The second kappa shape index (κ2) is 7.71. The van der Waals surface area contributed by atoms with Gasteiger partial charge in [0, 0.05) is 16.3 Å². The van der Waals surface area contributed by atoms with E-state index in [1.165, 1.54) is 47.1 Å². The summed E-state index contributed by atoms with van der Waals surface area (Å²) >= 11 is 12.1. The number of nitrogens with zero attached hydrogens (tertiary/aromatic N) is 3. The van der Waals surface area contributed by atoms with Gasteiger partial charge in [-0.3, -0.25) is 0 Å². The highest BCUT2D eigenvalue weighted by Gasteiger charge is 2.31. The maximum atomic E-state index is 13.5. The number of hydrogen-bond donors (Lipinski definition) is 1. The van der Waals surface area contributed by atoms with Crippen molar-refractivity contribution in [2.24, 2.45) is 0 Å². The molecule has 4 aromatic rings. The largest absolute Gasteiger partial charge is 0.399 e. The Morgan fingerprint density at radius 1 is 0.933 bits per heavy atom. The van der Waals surface area contributed by atoms with Crippen molar-refractivity contribution in [3.8, 4) is 16.9 Å². The molecule has 2 N–H and O–H groups in total. The van der Waals surface area contributed by atoms with Gasteiger partial charge in [0.2, 0.25) is 14.9 Å². The van der Waals surface area contributed by atoms with Crippen molar-refractivity contribution in [2.75, 3.05) is 5.73 Å². The monoisotopic (exact) mass is 462 g/mol. The van der Waals surface area contributed by atoms with Crippen LogP contribution in [0.25, 0.3) is 16.9 Å². The summed E-state index contributed by atoms with van der Waals surface area (Å²) in [7, 11) is -4.21. The molecule has 0 bridgehead atoms. The maximum absolute atomic E-state index is 13.5. The molecule has 152 valence electrons. The predicted molar refractivity (Wildman–Crippen MR) is 113 cm³/mol. The van der Waals surface area contributed by atoms with Crippen molar-refractivity contribution in [2.45, 2.75) is 9.92 Å². The van der Waals surface area contributed by atoms with Crippen molar-refractivity contribution >= 4 is 38.7 Å². The first-order valence-electron chi connectivity index (χ1n) is 8.55. The molecule has 0 radical (unpaired) electrons. The summed E-state index contributed by atoms with van der Waals surface area (Å²) in [6.07, 6.45) is 0. The van der Waals surface area contributed by atoms with Gasteiger partial charge in [-0.05, 0) is 66.7 Å². The molecule has 4 rings (SSSR count). The van der Waals surface area contributed by atoms with E-state index >= 15 is 0 Å². The number of benzene rings is 3. The summed E-state index contributed by atoms with van der Waals surface area (Å²) in [4.78, 5) is -0.204. The van der Waals surface area contributed by atoms with Crippen LogP contribution in [0.2, 0.25) is 10.0 Å². The zero-order valence-corrected chi connectivity index (χ0v) is 17.5. The molecule has 1 heterocycles. The summed E-state index contributed by atoms with van der Waals surface area (Å²) in [5.41, 5.74) is 7.34. The molecule has 0 fully saturated rings. The van der Waals surface area contributed by atoms with Crippen LogP contribution in [0.1, 0.15) is 0 Å². The lowest BCUT2D eigenvalue weighted by molar-refractivity contribution is 0.592. The van der Waals surface area contributed by atoms with Gasteiger partial charge < -0.3 is 5.73 Å². The minimum absolute atomic E-state index is 0.00788. The number of rotatable bonds is 4. The molecule has 0 amide bonds. The molecule has 0 atom stereocenters. The van der Waals surface area contributed by atoms with Crippen LogP contribution in [0.3, 0.4) is 0 Å². The Balaban J connectivity index is 2.00. The predicted octanol–water partition coefficient (Wildman–Crippen LogP) is 4.80. The van der Waals surface area contributed by atoms with Crippen LogP contribution < -0.4 is 5.73 Å². The molecule has 0 aliphatic rings. The molecule has 30 heavy (non-hydrogen) atoms. The molecule has 0 saturated carbocycles. The number of aromatic nitrogens is 3. The fourth-order valence-electron chi connectivity index (χ4n) is 2.89. The van der Waals surface area contributed by atoms with Crippen LogP contribution in [0.15, 0.2) is 76.7 Å². The number of halogens is 3. The Hall–Kier alpha value is -2.94. The third-order valence-electron chi connectivity index (χ3n) is 4.33. The Bertz CT molecular complexity index is 1340. The van der Waals surface area contributed by atoms with E-state index in [0.29, 0.717) is 16.9 Å². The highest BCUT2D eigenvalue weighted by atomic mass is 35.5. The van der Waals surface area contributed by atoms with Crippen LogP contribution in [-0.4, -0.2) is 23.4 Å². The number of nitrogen functional groups attached to an aromatic ring is 1. The third kappa shape index (κ3) is 3.65. The van der Waals surface area contributed by atoms with Gasteiger partial charge in [0.05, 0.1) is 15.6 Å². The second-order valence-corrected chi connectivity index (χ2v) is 9.01. The Morgan fingerprint density at radius 3 is 2.27 bits per heavy atom. The molecular formula is C20H13Cl2FN4O2S.